The fourth-order valence-electron chi connectivity index (χ4n) is 1.84. The molecule has 2 rings (SSSR count). The first-order valence-corrected chi connectivity index (χ1v) is 6.55. The molecule has 1 aromatic heterocycles. The number of rotatable bonds is 5. The van der Waals surface area contributed by atoms with E-state index in [9.17, 15) is 14.4 Å². The van der Waals surface area contributed by atoms with E-state index < -0.39 is 17.2 Å². The largest absolute Gasteiger partial charge is 0.355 e. The molecule has 0 aromatic carbocycles. The second-order valence-corrected chi connectivity index (χ2v) is 4.57. The van der Waals surface area contributed by atoms with Gasteiger partial charge < -0.3 is 5.32 Å². The van der Waals surface area contributed by atoms with Gasteiger partial charge in [-0.15, -0.1) is 5.10 Å². The van der Waals surface area contributed by atoms with Crippen LogP contribution < -0.4 is 22.0 Å². The van der Waals surface area contributed by atoms with Crippen molar-refractivity contribution in [1.82, 2.24) is 20.6 Å². The molecule has 1 atom stereocenters. The topological polar surface area (TPSA) is 132 Å². The normalized spacial score (nSPS) is 17.8. The molecule has 1 heterocycles. The van der Waals surface area contributed by atoms with E-state index in [4.69, 9.17) is 0 Å². The highest BCUT2D eigenvalue weighted by molar-refractivity contribution is 5.80. The number of amides is 1. The molecule has 1 aliphatic carbocycles. The Labute approximate surface area is 119 Å². The van der Waals surface area contributed by atoms with Crippen LogP contribution in [0.15, 0.2) is 26.8 Å². The first-order valence-electron chi connectivity index (χ1n) is 6.55. The van der Waals surface area contributed by atoms with Crippen molar-refractivity contribution < 1.29 is 4.79 Å². The van der Waals surface area contributed by atoms with Gasteiger partial charge in [0.25, 0.3) is 11.5 Å². The molecule has 9 nitrogen and oxygen atoms in total. The van der Waals surface area contributed by atoms with E-state index in [2.05, 4.69) is 38.2 Å². The van der Waals surface area contributed by atoms with Gasteiger partial charge in [-0.2, -0.15) is 5.10 Å². The van der Waals surface area contributed by atoms with E-state index in [0.717, 1.165) is 19.3 Å². The third-order valence-electron chi connectivity index (χ3n) is 2.91. The summed E-state index contributed by atoms with van der Waals surface area (Å²) < 4.78 is 0. The highest BCUT2D eigenvalue weighted by Gasteiger charge is 2.07. The minimum absolute atomic E-state index is 0.133. The fraction of sp³-hybridized carbons (Fsp3) is 0.417. The summed E-state index contributed by atoms with van der Waals surface area (Å²) in [6.45, 7) is -0.177. The minimum atomic E-state index is -0.707. The highest BCUT2D eigenvalue weighted by Crippen LogP contribution is 2.15. The number of anilines is 1. The number of hydrazone groups is 1. The molecule has 1 unspecified atom stereocenters. The summed E-state index contributed by atoms with van der Waals surface area (Å²) in [5.74, 6) is -0.205. The van der Waals surface area contributed by atoms with Crippen LogP contribution in [-0.4, -0.2) is 33.8 Å². The van der Waals surface area contributed by atoms with Gasteiger partial charge in [0.2, 0.25) is 5.82 Å². The summed E-state index contributed by atoms with van der Waals surface area (Å²) in [5.41, 5.74) is 0.965. The Balaban J connectivity index is 1.77. The fourth-order valence-corrected chi connectivity index (χ4v) is 1.84. The third-order valence-corrected chi connectivity index (χ3v) is 2.91. The molecule has 1 amide bonds. The molecule has 9 heteroatoms. The number of carbonyl (C=O) groups excluding carboxylic acids is 1. The molecular formula is C12H16N6O3. The van der Waals surface area contributed by atoms with Gasteiger partial charge in [-0.1, -0.05) is 12.2 Å². The smallest absolute Gasteiger partial charge is 0.342 e. The molecule has 4 N–H and O–H groups in total. The predicted octanol–water partition coefficient (Wildman–Crippen LogP) is -0.672. The Bertz CT molecular complexity index is 659. The predicted molar refractivity (Wildman–Crippen MR) is 77.1 cm³/mol. The average molecular weight is 292 g/mol. The molecule has 21 heavy (non-hydrogen) atoms. The number of hydrogen-bond acceptors (Lipinski definition) is 6. The number of nitrogens with zero attached hydrogens (tertiary/aromatic N) is 2. The van der Waals surface area contributed by atoms with Crippen molar-refractivity contribution in [1.29, 1.82) is 0 Å². The lowest BCUT2D eigenvalue weighted by Crippen LogP contribution is -2.31. The minimum Gasteiger partial charge on any atom is -0.355 e. The van der Waals surface area contributed by atoms with E-state index >= 15 is 0 Å². The summed E-state index contributed by atoms with van der Waals surface area (Å²) >= 11 is 0. The van der Waals surface area contributed by atoms with Crippen molar-refractivity contribution in [3.05, 3.63) is 33.0 Å². The van der Waals surface area contributed by atoms with E-state index in [1.54, 1.807) is 6.21 Å². The Kier molecular flexibility index (Phi) is 5.02. The van der Waals surface area contributed by atoms with Gasteiger partial charge >= 0.3 is 5.69 Å². The van der Waals surface area contributed by atoms with E-state index in [-0.39, 0.29) is 12.4 Å². The lowest BCUT2D eigenvalue weighted by Gasteiger charge is -2.11. The van der Waals surface area contributed by atoms with Crippen molar-refractivity contribution in [2.24, 2.45) is 11.0 Å². The van der Waals surface area contributed by atoms with Gasteiger partial charge in [0.05, 0.1) is 6.54 Å². The van der Waals surface area contributed by atoms with Crippen molar-refractivity contribution in [2.45, 2.75) is 19.3 Å². The number of hydrogen-bond donors (Lipinski definition) is 4. The first kappa shape index (κ1) is 14.7. The lowest BCUT2D eigenvalue weighted by molar-refractivity contribution is -0.119. The second kappa shape index (κ2) is 7.17. The molecule has 112 valence electrons. The van der Waals surface area contributed by atoms with Crippen LogP contribution >= 0.6 is 0 Å². The van der Waals surface area contributed by atoms with Gasteiger partial charge in [-0.05, 0) is 25.2 Å². The van der Waals surface area contributed by atoms with Crippen LogP contribution in [-0.2, 0) is 4.79 Å². The van der Waals surface area contributed by atoms with E-state index in [0.29, 0.717) is 5.92 Å². The van der Waals surface area contributed by atoms with Crippen LogP contribution in [0.4, 0.5) is 5.82 Å². The van der Waals surface area contributed by atoms with Gasteiger partial charge in [-0.3, -0.25) is 14.6 Å². The molecule has 0 spiro atoms. The Hall–Kier alpha value is -2.71. The van der Waals surface area contributed by atoms with Crippen LogP contribution in [0.5, 0.6) is 0 Å². The molecule has 1 aliphatic rings. The Morgan fingerprint density at radius 3 is 3.05 bits per heavy atom. The number of H-pyrrole nitrogens is 2. The van der Waals surface area contributed by atoms with E-state index in [1.165, 1.54) is 0 Å². The van der Waals surface area contributed by atoms with Crippen LogP contribution in [0.25, 0.3) is 0 Å². The summed E-state index contributed by atoms with van der Waals surface area (Å²) in [5, 5.41) is 11.9. The SMILES string of the molecule is O=C(CNc1n[nH]c(=O)[nH]c1=O)NN=CC1CC=CCC1. The van der Waals surface area contributed by atoms with Crippen molar-refractivity contribution >= 4 is 17.9 Å². The molecule has 0 fully saturated rings. The average Bonchev–Trinajstić information content (AvgIpc) is 2.47. The lowest BCUT2D eigenvalue weighted by atomic mass is 9.96. The molecule has 0 saturated heterocycles. The van der Waals surface area contributed by atoms with Crippen molar-refractivity contribution in [3.8, 4) is 0 Å². The van der Waals surface area contributed by atoms with Gasteiger partial charge in [-0.25, -0.2) is 15.3 Å². The summed E-state index contributed by atoms with van der Waals surface area (Å²) in [4.78, 5) is 35.6. The molecule has 0 radical (unpaired) electrons. The monoisotopic (exact) mass is 292 g/mol. The molecule has 1 aromatic rings. The van der Waals surface area contributed by atoms with E-state index in [1.807, 2.05) is 4.98 Å². The summed E-state index contributed by atoms with van der Waals surface area (Å²) in [6, 6.07) is 0. The van der Waals surface area contributed by atoms with Gasteiger partial charge in [0, 0.05) is 6.21 Å². The van der Waals surface area contributed by atoms with Crippen LogP contribution in [0.1, 0.15) is 19.3 Å². The number of aromatic amines is 2. The van der Waals surface area contributed by atoms with Crippen LogP contribution in [0.3, 0.4) is 0 Å². The molecule has 0 saturated carbocycles. The maximum atomic E-state index is 11.5. The Morgan fingerprint density at radius 1 is 1.48 bits per heavy atom. The standard InChI is InChI=1S/C12H16N6O3/c19-9(16-14-6-8-4-2-1-3-5-8)7-13-10-11(20)15-12(21)18-17-10/h1-2,6,8H,3-5,7H2,(H,13,17)(H,16,19)(H2,15,18,20,21). The summed E-state index contributed by atoms with van der Waals surface area (Å²) in [6.07, 6.45) is 8.90. The van der Waals surface area contributed by atoms with Crippen molar-refractivity contribution in [3.63, 3.8) is 0 Å². The van der Waals surface area contributed by atoms with Gasteiger partial charge in [0.15, 0.2) is 0 Å². The quantitative estimate of drug-likeness (QED) is 0.324. The van der Waals surface area contributed by atoms with Crippen LogP contribution in [0, 0.1) is 5.92 Å². The Morgan fingerprint density at radius 2 is 2.33 bits per heavy atom. The number of nitrogens with one attached hydrogen (secondary N) is 4. The summed E-state index contributed by atoms with van der Waals surface area (Å²) in [7, 11) is 0. The zero-order valence-electron chi connectivity index (χ0n) is 11.3. The number of carbonyl (C=O) groups is 1. The number of aromatic nitrogens is 3. The highest BCUT2D eigenvalue weighted by atomic mass is 16.2. The third kappa shape index (κ3) is 4.71. The molecule has 0 aliphatic heterocycles. The zero-order chi connectivity index (χ0) is 15.1. The van der Waals surface area contributed by atoms with Gasteiger partial charge in [0.1, 0.15) is 0 Å². The van der Waals surface area contributed by atoms with Crippen LogP contribution in [0.2, 0.25) is 0 Å². The second-order valence-electron chi connectivity index (χ2n) is 4.57. The first-order chi connectivity index (χ1) is 10.1. The maximum Gasteiger partial charge on any atom is 0.342 e. The zero-order valence-corrected chi connectivity index (χ0v) is 11.3. The number of allylic oxidation sites excluding steroid dienone is 2. The van der Waals surface area contributed by atoms with Crippen molar-refractivity contribution in [2.75, 3.05) is 11.9 Å². The molecule has 0 bridgehead atoms. The molecular weight excluding hydrogens is 276 g/mol. The maximum absolute atomic E-state index is 11.5.